The molecule has 0 aliphatic carbocycles. The second-order valence-electron chi connectivity index (χ2n) is 7.88. The van der Waals surface area contributed by atoms with E-state index in [9.17, 15) is 0 Å². The van der Waals surface area contributed by atoms with Gasteiger partial charge in [0.25, 0.3) is 0 Å². The average Bonchev–Trinajstić information content (AvgIpc) is 3.22. The molecule has 0 amide bonds. The zero-order valence-corrected chi connectivity index (χ0v) is 18.4. The second-order valence-corrected chi connectivity index (χ2v) is 8.28. The van der Waals surface area contributed by atoms with Crippen molar-refractivity contribution < 1.29 is 4.74 Å². The summed E-state index contributed by atoms with van der Waals surface area (Å²) >= 11 is 6.50. The van der Waals surface area contributed by atoms with Crippen LogP contribution in [0.4, 0.5) is 5.69 Å². The van der Waals surface area contributed by atoms with Crippen LogP contribution in [-0.2, 0) is 0 Å². The lowest BCUT2D eigenvalue weighted by molar-refractivity contribution is 0.313. The lowest BCUT2D eigenvalue weighted by Crippen LogP contribution is -2.44. The first-order valence-electron chi connectivity index (χ1n) is 10.3. The SMILES string of the molecule is COc1ccc(-c2n[nH]c3ncc(-c4ccc(N5CCN(C)CC5)cc4)cc23)c(Cl)c1. The van der Waals surface area contributed by atoms with Gasteiger partial charge in [-0.1, -0.05) is 23.7 Å². The summed E-state index contributed by atoms with van der Waals surface area (Å²) < 4.78 is 5.26. The fourth-order valence-corrected chi connectivity index (χ4v) is 4.27. The van der Waals surface area contributed by atoms with Crippen LogP contribution in [-0.4, -0.2) is 60.4 Å². The van der Waals surface area contributed by atoms with Crippen LogP contribution in [0.1, 0.15) is 0 Å². The van der Waals surface area contributed by atoms with Crippen LogP contribution < -0.4 is 9.64 Å². The third kappa shape index (κ3) is 3.84. The van der Waals surface area contributed by atoms with Gasteiger partial charge >= 0.3 is 0 Å². The Labute approximate surface area is 186 Å². The van der Waals surface area contributed by atoms with E-state index in [-0.39, 0.29) is 0 Å². The Balaban J connectivity index is 1.47. The van der Waals surface area contributed by atoms with Crippen molar-refractivity contribution in [3.8, 4) is 28.1 Å². The molecule has 3 heterocycles. The Morgan fingerprint density at radius 3 is 2.45 bits per heavy atom. The van der Waals surface area contributed by atoms with E-state index in [1.54, 1.807) is 13.2 Å². The van der Waals surface area contributed by atoms with Crippen molar-refractivity contribution in [2.75, 3.05) is 45.2 Å². The summed E-state index contributed by atoms with van der Waals surface area (Å²) in [7, 11) is 3.80. The molecule has 31 heavy (non-hydrogen) atoms. The van der Waals surface area contributed by atoms with Gasteiger partial charge in [0.1, 0.15) is 11.4 Å². The predicted molar refractivity (Wildman–Crippen MR) is 126 cm³/mol. The molecular formula is C24H24ClN5O. The number of anilines is 1. The number of rotatable bonds is 4. The number of ether oxygens (including phenoxy) is 1. The highest BCUT2D eigenvalue weighted by molar-refractivity contribution is 6.33. The van der Waals surface area contributed by atoms with Gasteiger partial charge in [0.2, 0.25) is 0 Å². The minimum atomic E-state index is 0.592. The van der Waals surface area contributed by atoms with Gasteiger partial charge in [-0.2, -0.15) is 5.10 Å². The van der Waals surface area contributed by atoms with Crippen molar-refractivity contribution in [1.82, 2.24) is 20.1 Å². The van der Waals surface area contributed by atoms with E-state index in [1.165, 1.54) is 5.69 Å². The van der Waals surface area contributed by atoms with Crippen molar-refractivity contribution >= 4 is 28.3 Å². The molecule has 158 valence electrons. The van der Waals surface area contributed by atoms with E-state index in [1.807, 2.05) is 18.3 Å². The molecule has 2 aromatic heterocycles. The smallest absolute Gasteiger partial charge is 0.155 e. The molecule has 7 heteroatoms. The molecule has 0 unspecified atom stereocenters. The van der Waals surface area contributed by atoms with Crippen LogP contribution in [0.15, 0.2) is 54.7 Å². The third-order valence-electron chi connectivity index (χ3n) is 5.92. The average molecular weight is 434 g/mol. The first-order valence-corrected chi connectivity index (χ1v) is 10.7. The number of hydrogen-bond acceptors (Lipinski definition) is 5. The van der Waals surface area contributed by atoms with Crippen LogP contribution in [0.25, 0.3) is 33.4 Å². The van der Waals surface area contributed by atoms with Gasteiger partial charge in [0.05, 0.1) is 12.1 Å². The number of aromatic amines is 1. The summed E-state index contributed by atoms with van der Waals surface area (Å²) in [4.78, 5) is 9.39. The minimum Gasteiger partial charge on any atom is -0.497 e. The van der Waals surface area contributed by atoms with Gasteiger partial charge in [-0.25, -0.2) is 4.98 Å². The Bertz CT molecular complexity index is 1210. The number of nitrogens with one attached hydrogen (secondary N) is 1. The number of likely N-dealkylation sites (N-methyl/N-ethyl adjacent to an activating group) is 1. The molecule has 0 saturated carbocycles. The van der Waals surface area contributed by atoms with E-state index in [0.29, 0.717) is 10.8 Å². The summed E-state index contributed by atoms with van der Waals surface area (Å²) in [6, 6.07) is 16.4. The normalized spacial score (nSPS) is 14.9. The maximum Gasteiger partial charge on any atom is 0.155 e. The lowest BCUT2D eigenvalue weighted by atomic mass is 10.0. The highest BCUT2D eigenvalue weighted by Gasteiger charge is 2.16. The van der Waals surface area contributed by atoms with Gasteiger partial charge in [0.15, 0.2) is 5.65 Å². The van der Waals surface area contributed by atoms with Gasteiger partial charge in [-0.3, -0.25) is 5.10 Å². The van der Waals surface area contributed by atoms with Crippen LogP contribution >= 0.6 is 11.6 Å². The van der Waals surface area contributed by atoms with E-state index < -0.39 is 0 Å². The highest BCUT2D eigenvalue weighted by Crippen LogP contribution is 2.35. The van der Waals surface area contributed by atoms with Gasteiger partial charge in [0, 0.05) is 54.6 Å². The van der Waals surface area contributed by atoms with E-state index in [2.05, 4.69) is 62.4 Å². The molecule has 0 atom stereocenters. The monoisotopic (exact) mass is 433 g/mol. The first kappa shape index (κ1) is 19.8. The number of aromatic nitrogens is 3. The molecular weight excluding hydrogens is 410 g/mol. The first-order chi connectivity index (χ1) is 15.1. The zero-order valence-electron chi connectivity index (χ0n) is 17.6. The van der Waals surface area contributed by atoms with Gasteiger partial charge in [-0.05, 0) is 49.0 Å². The minimum absolute atomic E-state index is 0.592. The van der Waals surface area contributed by atoms with Crippen LogP contribution in [0.3, 0.4) is 0 Å². The molecule has 0 spiro atoms. The summed E-state index contributed by atoms with van der Waals surface area (Å²) in [6.07, 6.45) is 1.88. The number of methoxy groups -OCH3 is 1. The molecule has 6 nitrogen and oxygen atoms in total. The fourth-order valence-electron chi connectivity index (χ4n) is 4.01. The van der Waals surface area contributed by atoms with Crippen LogP contribution in [0.5, 0.6) is 5.75 Å². The molecule has 1 aliphatic rings. The van der Waals surface area contributed by atoms with E-state index in [0.717, 1.165) is 59.6 Å². The molecule has 1 fully saturated rings. The molecule has 0 bridgehead atoms. The number of halogens is 1. The quantitative estimate of drug-likeness (QED) is 0.505. The molecule has 0 radical (unpaired) electrons. The van der Waals surface area contributed by atoms with Crippen molar-refractivity contribution in [2.24, 2.45) is 0 Å². The lowest BCUT2D eigenvalue weighted by Gasteiger charge is -2.34. The van der Waals surface area contributed by atoms with Crippen molar-refractivity contribution in [2.45, 2.75) is 0 Å². The van der Waals surface area contributed by atoms with Crippen molar-refractivity contribution in [1.29, 1.82) is 0 Å². The summed E-state index contributed by atoms with van der Waals surface area (Å²) in [6.45, 7) is 4.31. The van der Waals surface area contributed by atoms with Crippen LogP contribution in [0, 0.1) is 0 Å². The standard InChI is InChI=1S/C24H24ClN5O/c1-29-9-11-30(12-10-29)18-5-3-16(4-6-18)17-13-21-23(27-28-24(21)26-15-17)20-8-7-19(31-2)14-22(20)25/h3-8,13-15H,9-12H2,1-2H3,(H,26,27,28). The number of benzene rings is 2. The highest BCUT2D eigenvalue weighted by atomic mass is 35.5. The Morgan fingerprint density at radius 2 is 1.74 bits per heavy atom. The van der Waals surface area contributed by atoms with Gasteiger partial charge < -0.3 is 14.5 Å². The summed E-state index contributed by atoms with van der Waals surface area (Å²) in [5, 5.41) is 9.02. The van der Waals surface area contributed by atoms with E-state index >= 15 is 0 Å². The molecule has 1 aliphatic heterocycles. The molecule has 2 aromatic carbocycles. The Kier molecular flexibility index (Phi) is 5.26. The maximum absolute atomic E-state index is 6.50. The Morgan fingerprint density at radius 1 is 0.968 bits per heavy atom. The number of hydrogen-bond donors (Lipinski definition) is 1. The topological polar surface area (TPSA) is 57.3 Å². The summed E-state index contributed by atoms with van der Waals surface area (Å²) in [5.41, 5.74) is 5.80. The second kappa shape index (κ2) is 8.21. The maximum atomic E-state index is 6.50. The number of piperazine rings is 1. The van der Waals surface area contributed by atoms with Crippen LogP contribution in [0.2, 0.25) is 5.02 Å². The number of H-pyrrole nitrogens is 1. The number of nitrogens with zero attached hydrogens (tertiary/aromatic N) is 4. The third-order valence-corrected chi connectivity index (χ3v) is 6.23. The molecule has 1 N–H and O–H groups in total. The fraction of sp³-hybridized carbons (Fsp3) is 0.250. The number of pyridine rings is 1. The summed E-state index contributed by atoms with van der Waals surface area (Å²) in [5.74, 6) is 0.716. The number of fused-ring (bicyclic) bond motifs is 1. The van der Waals surface area contributed by atoms with Crippen molar-refractivity contribution in [3.05, 3.63) is 59.8 Å². The van der Waals surface area contributed by atoms with Crippen molar-refractivity contribution in [3.63, 3.8) is 0 Å². The zero-order chi connectivity index (χ0) is 21.4. The Hall–Kier alpha value is -3.09. The van der Waals surface area contributed by atoms with E-state index in [4.69, 9.17) is 16.3 Å². The molecule has 5 rings (SSSR count). The predicted octanol–water partition coefficient (Wildman–Crippen LogP) is 4.71. The largest absolute Gasteiger partial charge is 0.497 e. The molecule has 4 aromatic rings. The molecule has 1 saturated heterocycles. The van der Waals surface area contributed by atoms with Gasteiger partial charge in [-0.15, -0.1) is 0 Å².